The van der Waals surface area contributed by atoms with Gasteiger partial charge in [-0.05, 0) is 49.7 Å². The van der Waals surface area contributed by atoms with Crippen molar-refractivity contribution in [2.24, 2.45) is 5.73 Å². The molecular formula is C26H22FNO6. The highest BCUT2D eigenvalue weighted by atomic mass is 19.1. The first-order chi connectivity index (χ1) is 16.3. The van der Waals surface area contributed by atoms with Crippen LogP contribution >= 0.6 is 0 Å². The maximum atomic E-state index is 13.5. The van der Waals surface area contributed by atoms with Crippen molar-refractivity contribution in [2.75, 3.05) is 0 Å². The van der Waals surface area contributed by atoms with E-state index in [0.29, 0.717) is 22.4 Å². The Morgan fingerprint density at radius 2 is 1.71 bits per heavy atom. The van der Waals surface area contributed by atoms with E-state index in [9.17, 15) is 14.0 Å². The van der Waals surface area contributed by atoms with E-state index in [2.05, 4.69) is 4.74 Å². The van der Waals surface area contributed by atoms with E-state index in [0.717, 1.165) is 5.56 Å². The normalized spacial score (nSPS) is 10.9. The highest BCUT2D eigenvalue weighted by Crippen LogP contribution is 2.41. The second-order valence-electron chi connectivity index (χ2n) is 7.76. The van der Waals surface area contributed by atoms with Crippen LogP contribution in [-0.2, 0) is 11.3 Å². The Balaban J connectivity index is 1.85. The number of esters is 1. The molecular weight excluding hydrogens is 441 g/mol. The monoisotopic (exact) mass is 463 g/mol. The summed E-state index contributed by atoms with van der Waals surface area (Å²) in [5, 5.41) is 0.327. The van der Waals surface area contributed by atoms with Crippen molar-refractivity contribution in [1.29, 1.82) is 0 Å². The molecule has 2 N–H and O–H groups in total. The number of ether oxygens (including phenoxy) is 3. The molecule has 0 radical (unpaired) electrons. The average molecular weight is 463 g/mol. The van der Waals surface area contributed by atoms with Gasteiger partial charge >= 0.3 is 12.1 Å². The van der Waals surface area contributed by atoms with Gasteiger partial charge in [-0.2, -0.15) is 0 Å². The molecule has 0 fully saturated rings. The summed E-state index contributed by atoms with van der Waals surface area (Å²) < 4.78 is 36.0. The van der Waals surface area contributed by atoms with Crippen LogP contribution in [0.5, 0.6) is 11.5 Å². The van der Waals surface area contributed by atoms with Gasteiger partial charge in [0, 0.05) is 17.0 Å². The predicted octanol–water partition coefficient (Wildman–Crippen LogP) is 5.84. The van der Waals surface area contributed by atoms with Crippen LogP contribution in [0.4, 0.5) is 9.18 Å². The molecule has 0 bridgehead atoms. The number of primary amides is 1. The van der Waals surface area contributed by atoms with Gasteiger partial charge < -0.3 is 24.4 Å². The van der Waals surface area contributed by atoms with Crippen LogP contribution in [0.2, 0.25) is 0 Å². The van der Waals surface area contributed by atoms with Crippen LogP contribution in [0.15, 0.2) is 71.1 Å². The molecule has 174 valence electrons. The molecule has 0 unspecified atom stereocenters. The number of furan rings is 1. The summed E-state index contributed by atoms with van der Waals surface area (Å²) in [6, 6.07) is 18.1. The standard InChI is InChI=1S/C26H22FNO6/c1-15(2)32-22-12-19-20(13-21(22)31-14-16-6-4-3-5-7-16)33-24(17-8-10-18(27)11-9-17)23(19)25(29)34-26(28)30/h3-13,15H,14H2,1-2H3,(H2,28,30). The van der Waals surface area contributed by atoms with Gasteiger partial charge in [0.2, 0.25) is 0 Å². The first kappa shape index (κ1) is 22.8. The summed E-state index contributed by atoms with van der Waals surface area (Å²) in [5.74, 6) is -0.585. The first-order valence-electron chi connectivity index (χ1n) is 10.5. The van der Waals surface area contributed by atoms with Gasteiger partial charge in [-0.15, -0.1) is 0 Å². The van der Waals surface area contributed by atoms with Crippen LogP contribution in [0.3, 0.4) is 0 Å². The number of carbonyl (C=O) groups is 2. The van der Waals surface area contributed by atoms with E-state index in [1.54, 1.807) is 12.1 Å². The predicted molar refractivity (Wildman–Crippen MR) is 123 cm³/mol. The van der Waals surface area contributed by atoms with E-state index >= 15 is 0 Å². The maximum Gasteiger partial charge on any atom is 0.412 e. The zero-order valence-corrected chi connectivity index (χ0v) is 18.5. The molecule has 0 aliphatic carbocycles. The minimum Gasteiger partial charge on any atom is -0.487 e. The molecule has 1 aromatic heterocycles. The lowest BCUT2D eigenvalue weighted by molar-refractivity contribution is 0.0640. The fraction of sp³-hybridized carbons (Fsp3) is 0.154. The highest BCUT2D eigenvalue weighted by molar-refractivity contribution is 6.11. The van der Waals surface area contributed by atoms with Crippen molar-refractivity contribution in [3.8, 4) is 22.8 Å². The summed E-state index contributed by atoms with van der Waals surface area (Å²) in [5.41, 5.74) is 6.67. The third kappa shape index (κ3) is 5.01. The van der Waals surface area contributed by atoms with Crippen LogP contribution in [0, 0.1) is 5.82 Å². The van der Waals surface area contributed by atoms with E-state index in [1.807, 2.05) is 44.2 Å². The molecule has 34 heavy (non-hydrogen) atoms. The van der Waals surface area contributed by atoms with E-state index < -0.39 is 17.9 Å². The fourth-order valence-corrected chi connectivity index (χ4v) is 3.45. The fourth-order valence-electron chi connectivity index (χ4n) is 3.45. The number of nitrogens with two attached hydrogens (primary N) is 1. The third-order valence-electron chi connectivity index (χ3n) is 4.86. The SMILES string of the molecule is CC(C)Oc1cc2c(C(=O)OC(N)=O)c(-c3ccc(F)cc3)oc2cc1OCc1ccccc1. The summed E-state index contributed by atoms with van der Waals surface area (Å²) in [4.78, 5) is 24.1. The van der Waals surface area contributed by atoms with Crippen LogP contribution in [0.25, 0.3) is 22.3 Å². The Morgan fingerprint density at radius 1 is 1.00 bits per heavy atom. The molecule has 1 amide bonds. The third-order valence-corrected chi connectivity index (χ3v) is 4.86. The summed E-state index contributed by atoms with van der Waals surface area (Å²) in [6.45, 7) is 3.99. The second kappa shape index (κ2) is 9.66. The number of hydrogen-bond donors (Lipinski definition) is 1. The van der Waals surface area contributed by atoms with Crippen molar-refractivity contribution in [2.45, 2.75) is 26.6 Å². The topological polar surface area (TPSA) is 101 Å². The number of rotatable bonds is 7. The molecule has 0 spiro atoms. The van der Waals surface area contributed by atoms with Crippen LogP contribution in [0.1, 0.15) is 29.8 Å². The molecule has 3 aromatic carbocycles. The molecule has 8 heteroatoms. The van der Waals surface area contributed by atoms with Gasteiger partial charge in [-0.25, -0.2) is 14.0 Å². The smallest absolute Gasteiger partial charge is 0.412 e. The number of hydrogen-bond acceptors (Lipinski definition) is 6. The number of benzene rings is 3. The van der Waals surface area contributed by atoms with E-state index in [1.165, 1.54) is 24.3 Å². The number of fused-ring (bicyclic) bond motifs is 1. The Kier molecular flexibility index (Phi) is 6.49. The first-order valence-corrected chi connectivity index (χ1v) is 10.5. The Morgan fingerprint density at radius 3 is 2.35 bits per heavy atom. The van der Waals surface area contributed by atoms with Gasteiger partial charge in [0.1, 0.15) is 29.3 Å². The average Bonchev–Trinajstić information content (AvgIpc) is 3.16. The zero-order valence-electron chi connectivity index (χ0n) is 18.5. The molecule has 0 aliphatic rings. The van der Waals surface area contributed by atoms with Crippen molar-refractivity contribution in [3.05, 3.63) is 83.7 Å². The van der Waals surface area contributed by atoms with Gasteiger partial charge in [0.05, 0.1) is 6.10 Å². The molecule has 1 heterocycles. The molecule has 4 aromatic rings. The number of amides is 1. The molecule has 0 saturated carbocycles. The van der Waals surface area contributed by atoms with E-state index in [-0.39, 0.29) is 29.6 Å². The number of halogens is 1. The minimum absolute atomic E-state index is 0.0383. The molecule has 0 saturated heterocycles. The molecule has 0 atom stereocenters. The van der Waals surface area contributed by atoms with Gasteiger partial charge in [-0.1, -0.05) is 30.3 Å². The molecule has 7 nitrogen and oxygen atoms in total. The number of carbonyl (C=O) groups excluding carboxylic acids is 2. The van der Waals surface area contributed by atoms with Crippen LogP contribution < -0.4 is 15.2 Å². The highest BCUT2D eigenvalue weighted by Gasteiger charge is 2.27. The Hall–Kier alpha value is -4.33. The molecule has 0 aliphatic heterocycles. The lowest BCUT2D eigenvalue weighted by Crippen LogP contribution is -2.18. The molecule has 4 rings (SSSR count). The zero-order chi connectivity index (χ0) is 24.2. The Labute approximate surface area is 194 Å². The van der Waals surface area contributed by atoms with Gasteiger partial charge in [0.25, 0.3) is 0 Å². The quantitative estimate of drug-likeness (QED) is 0.273. The van der Waals surface area contributed by atoms with Crippen LogP contribution in [-0.4, -0.2) is 18.2 Å². The Bertz CT molecular complexity index is 1330. The minimum atomic E-state index is -1.26. The van der Waals surface area contributed by atoms with Crippen molar-refractivity contribution < 1.29 is 32.6 Å². The van der Waals surface area contributed by atoms with Gasteiger partial charge in [-0.3, -0.25) is 0 Å². The van der Waals surface area contributed by atoms with Crippen molar-refractivity contribution >= 4 is 23.0 Å². The lowest BCUT2D eigenvalue weighted by Gasteiger charge is -2.15. The summed E-state index contributed by atoms with van der Waals surface area (Å²) in [7, 11) is 0. The lowest BCUT2D eigenvalue weighted by atomic mass is 10.0. The summed E-state index contributed by atoms with van der Waals surface area (Å²) in [6.07, 6.45) is -1.45. The van der Waals surface area contributed by atoms with Crippen molar-refractivity contribution in [1.82, 2.24) is 0 Å². The van der Waals surface area contributed by atoms with Gasteiger partial charge in [0.15, 0.2) is 11.5 Å². The second-order valence-corrected chi connectivity index (χ2v) is 7.76. The van der Waals surface area contributed by atoms with E-state index in [4.69, 9.17) is 19.6 Å². The van der Waals surface area contributed by atoms with Crippen molar-refractivity contribution in [3.63, 3.8) is 0 Å². The summed E-state index contributed by atoms with van der Waals surface area (Å²) >= 11 is 0. The maximum absolute atomic E-state index is 13.5. The largest absolute Gasteiger partial charge is 0.487 e.